The van der Waals surface area contributed by atoms with Crippen LogP contribution in [0.3, 0.4) is 0 Å². The highest BCUT2D eigenvalue weighted by molar-refractivity contribution is 5.89. The minimum Gasteiger partial charge on any atom is -0.504 e. The number of para-hydroxylation sites is 1. The van der Waals surface area contributed by atoms with Gasteiger partial charge in [-0.25, -0.2) is 4.79 Å². The molecular weight excluding hydrogens is 322 g/mol. The molecule has 0 aliphatic carbocycles. The fourth-order valence-corrected chi connectivity index (χ4v) is 2.55. The lowest BCUT2D eigenvalue weighted by molar-refractivity contribution is 0.0697. The van der Waals surface area contributed by atoms with Crippen LogP contribution in [0.2, 0.25) is 0 Å². The number of benzene rings is 2. The van der Waals surface area contributed by atoms with Crippen molar-refractivity contribution in [2.45, 2.75) is 32.1 Å². The van der Waals surface area contributed by atoms with E-state index in [-0.39, 0.29) is 17.1 Å². The second-order valence-corrected chi connectivity index (χ2v) is 5.86. The van der Waals surface area contributed by atoms with Crippen molar-refractivity contribution in [1.29, 1.82) is 0 Å². The van der Waals surface area contributed by atoms with Gasteiger partial charge in [-0.05, 0) is 49.1 Å². The quantitative estimate of drug-likeness (QED) is 0.314. The van der Waals surface area contributed by atoms with Gasteiger partial charge in [-0.1, -0.05) is 25.0 Å². The zero-order valence-electron chi connectivity index (χ0n) is 13.9. The molecule has 0 radical (unpaired) electrons. The largest absolute Gasteiger partial charge is 0.504 e. The Bertz CT molecular complexity index is 730. The van der Waals surface area contributed by atoms with Crippen LogP contribution in [-0.4, -0.2) is 27.9 Å². The fraction of sp³-hybridized carbons (Fsp3) is 0.316. The average Bonchev–Trinajstić information content (AvgIpc) is 2.58. The first-order valence-electron chi connectivity index (χ1n) is 8.24. The molecule has 134 valence electrons. The third kappa shape index (κ3) is 5.31. The van der Waals surface area contributed by atoms with Gasteiger partial charge in [0.2, 0.25) is 0 Å². The highest BCUT2D eigenvalue weighted by Gasteiger charge is 2.07. The first kappa shape index (κ1) is 18.4. The highest BCUT2D eigenvalue weighted by Crippen LogP contribution is 2.29. The van der Waals surface area contributed by atoms with Crippen LogP contribution in [-0.2, 0) is 6.42 Å². The Balaban J connectivity index is 1.65. The fourth-order valence-electron chi connectivity index (χ4n) is 2.55. The molecule has 0 aromatic heterocycles. The molecule has 2 aromatic rings. The van der Waals surface area contributed by atoms with E-state index in [2.05, 4.69) is 0 Å². The summed E-state index contributed by atoms with van der Waals surface area (Å²) in [6.45, 7) is 0.508. The molecule has 0 heterocycles. The number of carboxylic acids is 1. The van der Waals surface area contributed by atoms with Crippen molar-refractivity contribution in [3.63, 3.8) is 0 Å². The number of aromatic hydroxyl groups is 2. The first-order valence-corrected chi connectivity index (χ1v) is 8.24. The number of aryl methyl sites for hydroxylation is 1. The summed E-state index contributed by atoms with van der Waals surface area (Å²) < 4.78 is 5.58. The summed E-state index contributed by atoms with van der Waals surface area (Å²) in [4.78, 5) is 10.8. The van der Waals surface area contributed by atoms with Crippen LogP contribution in [0.15, 0.2) is 36.4 Å². The van der Waals surface area contributed by atoms with Crippen molar-refractivity contribution in [2.24, 2.45) is 0 Å². The molecule has 0 amide bonds. The summed E-state index contributed by atoms with van der Waals surface area (Å²) in [5.41, 5.74) is 6.99. The van der Waals surface area contributed by atoms with Crippen molar-refractivity contribution >= 4 is 11.7 Å². The van der Waals surface area contributed by atoms with Crippen molar-refractivity contribution in [2.75, 3.05) is 12.3 Å². The van der Waals surface area contributed by atoms with Crippen molar-refractivity contribution in [3.05, 3.63) is 47.5 Å². The van der Waals surface area contributed by atoms with E-state index in [4.69, 9.17) is 15.6 Å². The van der Waals surface area contributed by atoms with E-state index in [1.165, 1.54) is 18.2 Å². The summed E-state index contributed by atoms with van der Waals surface area (Å²) in [5, 5.41) is 28.1. The second-order valence-electron chi connectivity index (χ2n) is 5.86. The predicted octanol–water partition coefficient (Wildman–Crippen LogP) is 3.56. The van der Waals surface area contributed by atoms with E-state index < -0.39 is 5.97 Å². The lowest BCUT2D eigenvalue weighted by Crippen LogP contribution is -2.03. The number of rotatable bonds is 9. The molecule has 0 saturated carbocycles. The summed E-state index contributed by atoms with van der Waals surface area (Å²) in [6, 6.07) is 9.42. The Hall–Kier alpha value is -2.89. The van der Waals surface area contributed by atoms with Gasteiger partial charge in [0.25, 0.3) is 0 Å². The maximum atomic E-state index is 10.8. The van der Waals surface area contributed by atoms with Crippen molar-refractivity contribution in [3.8, 4) is 17.2 Å². The molecule has 2 aromatic carbocycles. The second kappa shape index (κ2) is 8.82. The average molecular weight is 345 g/mol. The zero-order chi connectivity index (χ0) is 18.2. The monoisotopic (exact) mass is 345 g/mol. The molecule has 0 aliphatic rings. The van der Waals surface area contributed by atoms with Crippen molar-refractivity contribution in [1.82, 2.24) is 0 Å². The van der Waals surface area contributed by atoms with Gasteiger partial charge in [0, 0.05) is 0 Å². The number of nitrogen functional groups attached to an aromatic ring is 1. The number of ether oxygens (including phenoxy) is 1. The van der Waals surface area contributed by atoms with Crippen LogP contribution in [0.4, 0.5) is 5.69 Å². The number of phenolic OH excluding ortho intramolecular Hbond substituents is 2. The van der Waals surface area contributed by atoms with Crippen LogP contribution in [0.1, 0.15) is 41.6 Å². The Morgan fingerprint density at radius 3 is 2.52 bits per heavy atom. The van der Waals surface area contributed by atoms with Crippen LogP contribution in [0, 0.1) is 0 Å². The third-order valence-electron chi connectivity index (χ3n) is 3.95. The topological polar surface area (TPSA) is 113 Å². The summed E-state index contributed by atoms with van der Waals surface area (Å²) >= 11 is 0. The minimum absolute atomic E-state index is 0.0360. The molecule has 0 aliphatic heterocycles. The number of hydrogen-bond donors (Lipinski definition) is 4. The lowest BCUT2D eigenvalue weighted by Gasteiger charge is -2.09. The molecular formula is C19H23NO5. The van der Waals surface area contributed by atoms with Crippen LogP contribution >= 0.6 is 0 Å². The highest BCUT2D eigenvalue weighted by atomic mass is 16.5. The minimum atomic E-state index is -1.02. The predicted molar refractivity (Wildman–Crippen MR) is 95.3 cm³/mol. The normalized spacial score (nSPS) is 10.6. The number of unbranched alkanes of at least 4 members (excludes halogenated alkanes) is 3. The standard InChI is InChI=1S/C19H23NO5/c20-15-12-14(19(23)24)9-10-17(15)25-11-4-2-1-3-6-13-7-5-8-16(21)18(13)22/h5,7-10,12,21-22H,1-4,6,11,20H2,(H,23,24). The van der Waals surface area contributed by atoms with E-state index in [0.717, 1.165) is 31.2 Å². The van der Waals surface area contributed by atoms with E-state index >= 15 is 0 Å². The number of nitrogens with two attached hydrogens (primary N) is 1. The van der Waals surface area contributed by atoms with Gasteiger partial charge >= 0.3 is 5.97 Å². The van der Waals surface area contributed by atoms with Crippen LogP contribution < -0.4 is 10.5 Å². The smallest absolute Gasteiger partial charge is 0.335 e. The van der Waals surface area contributed by atoms with Gasteiger partial charge in [-0.2, -0.15) is 0 Å². The lowest BCUT2D eigenvalue weighted by atomic mass is 10.0. The first-order chi connectivity index (χ1) is 12.0. The van der Waals surface area contributed by atoms with Crippen molar-refractivity contribution < 1.29 is 24.9 Å². The molecule has 5 N–H and O–H groups in total. The number of hydrogen-bond acceptors (Lipinski definition) is 5. The van der Waals surface area contributed by atoms with Gasteiger partial charge < -0.3 is 25.8 Å². The van der Waals surface area contributed by atoms with Gasteiger partial charge in [0.05, 0.1) is 17.9 Å². The number of anilines is 1. The summed E-state index contributed by atoms with van der Waals surface area (Å²) in [5.74, 6) is -0.644. The number of aromatic carboxylic acids is 1. The molecule has 0 spiro atoms. The van der Waals surface area contributed by atoms with Gasteiger partial charge in [0.1, 0.15) is 5.75 Å². The zero-order valence-corrected chi connectivity index (χ0v) is 13.9. The van der Waals surface area contributed by atoms with Crippen LogP contribution in [0.25, 0.3) is 0 Å². The van der Waals surface area contributed by atoms with Gasteiger partial charge in [0.15, 0.2) is 11.5 Å². The van der Waals surface area contributed by atoms with E-state index in [0.29, 0.717) is 24.5 Å². The third-order valence-corrected chi connectivity index (χ3v) is 3.95. The number of carboxylic acid groups (broad SMARTS) is 1. The Morgan fingerprint density at radius 2 is 1.80 bits per heavy atom. The molecule has 6 nitrogen and oxygen atoms in total. The molecule has 0 bridgehead atoms. The van der Waals surface area contributed by atoms with E-state index in [9.17, 15) is 15.0 Å². The summed E-state index contributed by atoms with van der Waals surface area (Å²) in [6.07, 6.45) is 4.42. The van der Waals surface area contributed by atoms with Gasteiger partial charge in [-0.3, -0.25) is 0 Å². The maximum Gasteiger partial charge on any atom is 0.335 e. The molecule has 0 unspecified atom stereocenters. The molecule has 6 heteroatoms. The molecule has 0 atom stereocenters. The molecule has 2 rings (SSSR count). The summed E-state index contributed by atoms with van der Waals surface area (Å²) in [7, 11) is 0. The van der Waals surface area contributed by atoms with E-state index in [1.807, 2.05) is 6.07 Å². The Kier molecular flexibility index (Phi) is 6.51. The SMILES string of the molecule is Nc1cc(C(=O)O)ccc1OCCCCCCc1cccc(O)c1O. The molecule has 0 fully saturated rings. The van der Waals surface area contributed by atoms with E-state index in [1.54, 1.807) is 12.1 Å². The number of carbonyl (C=O) groups is 1. The van der Waals surface area contributed by atoms with Gasteiger partial charge in [-0.15, -0.1) is 0 Å². The molecule has 0 saturated heterocycles. The number of phenols is 2. The van der Waals surface area contributed by atoms with Crippen LogP contribution in [0.5, 0.6) is 17.2 Å². The Morgan fingerprint density at radius 1 is 1.04 bits per heavy atom. The molecule has 25 heavy (non-hydrogen) atoms. The Labute approximate surface area is 146 Å². The maximum absolute atomic E-state index is 10.8.